The van der Waals surface area contributed by atoms with Crippen molar-refractivity contribution in [3.63, 3.8) is 0 Å². The minimum absolute atomic E-state index is 0. The number of aryl methyl sites for hydroxylation is 1. The van der Waals surface area contributed by atoms with Gasteiger partial charge in [0.15, 0.2) is 5.96 Å². The van der Waals surface area contributed by atoms with E-state index in [0.717, 1.165) is 51.6 Å². The molecule has 0 radical (unpaired) electrons. The van der Waals surface area contributed by atoms with Crippen LogP contribution in [0.25, 0.3) is 0 Å². The highest BCUT2D eigenvalue weighted by atomic mass is 127. The predicted molar refractivity (Wildman–Crippen MR) is 131 cm³/mol. The quantitative estimate of drug-likeness (QED) is 0.360. The zero-order chi connectivity index (χ0) is 19.5. The first kappa shape index (κ1) is 22.6. The number of ether oxygens (including phenoxy) is 1. The van der Waals surface area contributed by atoms with Gasteiger partial charge in [0, 0.05) is 52.0 Å². The van der Waals surface area contributed by atoms with Gasteiger partial charge in [-0.2, -0.15) is 0 Å². The van der Waals surface area contributed by atoms with Gasteiger partial charge in [-0.25, -0.2) is 0 Å². The van der Waals surface area contributed by atoms with E-state index in [4.69, 9.17) is 4.74 Å². The van der Waals surface area contributed by atoms with Crippen LogP contribution in [0.1, 0.15) is 30.4 Å². The van der Waals surface area contributed by atoms with Crippen molar-refractivity contribution in [3.8, 4) is 0 Å². The molecule has 7 heteroatoms. The molecular formula is C22H36IN5O. The molecule has 1 aromatic carbocycles. The molecule has 0 aromatic heterocycles. The van der Waals surface area contributed by atoms with Crippen LogP contribution in [0.15, 0.2) is 23.2 Å². The van der Waals surface area contributed by atoms with Gasteiger partial charge in [-0.15, -0.1) is 24.0 Å². The fraction of sp³-hybridized carbons (Fsp3) is 0.682. The molecule has 162 valence electrons. The molecule has 6 nitrogen and oxygen atoms in total. The lowest BCUT2D eigenvalue weighted by Gasteiger charge is -2.37. The summed E-state index contributed by atoms with van der Waals surface area (Å²) in [7, 11) is 1.85. The molecule has 2 bridgehead atoms. The van der Waals surface area contributed by atoms with Crippen molar-refractivity contribution in [1.82, 2.24) is 15.5 Å². The van der Waals surface area contributed by atoms with E-state index in [0.29, 0.717) is 18.2 Å². The average Bonchev–Trinajstić information content (AvgIpc) is 3.33. The van der Waals surface area contributed by atoms with Crippen molar-refractivity contribution in [2.24, 2.45) is 4.99 Å². The van der Waals surface area contributed by atoms with E-state index >= 15 is 0 Å². The van der Waals surface area contributed by atoms with E-state index in [1.165, 1.54) is 29.7 Å². The van der Waals surface area contributed by atoms with Gasteiger partial charge in [0.25, 0.3) is 0 Å². The number of guanidine groups is 1. The molecule has 0 amide bonds. The standard InChI is InChI=1S/C22H35N5O.HI/c1-16-5-4-6-20(17(16)2)27-13-11-26(12-14-27)10-9-24-22(23-3)25-19-15-18-7-8-21(19)28-18;/h4-6,18-19,21H,7-15H2,1-3H3,(H2,23,24,25);1H. The first-order valence-electron chi connectivity index (χ1n) is 10.8. The maximum absolute atomic E-state index is 5.93. The normalized spacial score (nSPS) is 27.1. The Kier molecular flexibility index (Phi) is 8.04. The van der Waals surface area contributed by atoms with Crippen molar-refractivity contribution in [3.05, 3.63) is 29.3 Å². The number of rotatable bonds is 5. The smallest absolute Gasteiger partial charge is 0.191 e. The number of anilines is 1. The van der Waals surface area contributed by atoms with E-state index in [1.54, 1.807) is 0 Å². The third-order valence-corrected chi connectivity index (χ3v) is 6.66. The summed E-state index contributed by atoms with van der Waals surface area (Å²) in [6.45, 7) is 10.8. The number of piperazine rings is 1. The molecule has 0 spiro atoms. The molecule has 3 unspecified atom stereocenters. The van der Waals surface area contributed by atoms with E-state index in [1.807, 2.05) is 7.05 Å². The van der Waals surface area contributed by atoms with Crippen LogP contribution in [0.2, 0.25) is 0 Å². The molecule has 3 heterocycles. The van der Waals surface area contributed by atoms with Crippen molar-refractivity contribution >= 4 is 35.6 Å². The molecular weight excluding hydrogens is 477 g/mol. The first-order valence-corrected chi connectivity index (χ1v) is 10.8. The van der Waals surface area contributed by atoms with Crippen LogP contribution in [-0.2, 0) is 4.74 Å². The number of nitrogens with one attached hydrogen (secondary N) is 2. The maximum Gasteiger partial charge on any atom is 0.191 e. The van der Waals surface area contributed by atoms with E-state index in [-0.39, 0.29) is 24.0 Å². The molecule has 0 saturated carbocycles. The molecule has 3 saturated heterocycles. The van der Waals surface area contributed by atoms with Crippen LogP contribution in [0.4, 0.5) is 5.69 Å². The maximum atomic E-state index is 5.93. The number of fused-ring (bicyclic) bond motifs is 2. The molecule has 3 fully saturated rings. The summed E-state index contributed by atoms with van der Waals surface area (Å²) in [5.41, 5.74) is 4.19. The Hall–Kier alpha value is -1.06. The topological polar surface area (TPSA) is 52.1 Å². The molecule has 3 aliphatic heterocycles. The summed E-state index contributed by atoms with van der Waals surface area (Å²) >= 11 is 0. The Morgan fingerprint density at radius 3 is 2.62 bits per heavy atom. The highest BCUT2D eigenvalue weighted by Gasteiger charge is 2.41. The minimum atomic E-state index is 0. The summed E-state index contributed by atoms with van der Waals surface area (Å²) in [6.07, 6.45) is 4.37. The number of benzene rings is 1. The van der Waals surface area contributed by atoms with Crippen molar-refractivity contribution in [1.29, 1.82) is 0 Å². The zero-order valence-corrected chi connectivity index (χ0v) is 20.3. The number of halogens is 1. The summed E-state index contributed by atoms with van der Waals surface area (Å²) in [6, 6.07) is 7.05. The van der Waals surface area contributed by atoms with Gasteiger partial charge in [-0.05, 0) is 50.3 Å². The lowest BCUT2D eigenvalue weighted by Crippen LogP contribution is -2.51. The molecule has 1 aromatic rings. The molecule has 3 atom stereocenters. The van der Waals surface area contributed by atoms with Crippen molar-refractivity contribution in [2.45, 2.75) is 51.4 Å². The molecule has 0 aliphatic carbocycles. The fourth-order valence-electron chi connectivity index (χ4n) is 4.78. The SMILES string of the molecule is CN=C(NCCN1CCN(c2cccc(C)c2C)CC1)NC1CC2CCC1O2.I. The van der Waals surface area contributed by atoms with Crippen LogP contribution >= 0.6 is 24.0 Å². The number of hydrogen-bond donors (Lipinski definition) is 2. The second kappa shape index (κ2) is 10.3. The summed E-state index contributed by atoms with van der Waals surface area (Å²) in [4.78, 5) is 9.47. The second-order valence-corrected chi connectivity index (χ2v) is 8.41. The van der Waals surface area contributed by atoms with Gasteiger partial charge in [0.1, 0.15) is 0 Å². The van der Waals surface area contributed by atoms with Crippen LogP contribution in [0.5, 0.6) is 0 Å². The lowest BCUT2D eigenvalue weighted by atomic mass is 9.96. The van der Waals surface area contributed by atoms with Gasteiger partial charge in [-0.1, -0.05) is 12.1 Å². The van der Waals surface area contributed by atoms with Crippen molar-refractivity contribution < 1.29 is 4.74 Å². The molecule has 29 heavy (non-hydrogen) atoms. The third-order valence-electron chi connectivity index (χ3n) is 6.66. The van der Waals surface area contributed by atoms with E-state index in [2.05, 4.69) is 57.5 Å². The molecule has 4 rings (SSSR count). The van der Waals surface area contributed by atoms with Crippen molar-refractivity contribution in [2.75, 3.05) is 51.2 Å². The number of nitrogens with zero attached hydrogens (tertiary/aromatic N) is 3. The Morgan fingerprint density at radius 1 is 1.17 bits per heavy atom. The van der Waals surface area contributed by atoms with Crippen LogP contribution < -0.4 is 15.5 Å². The highest BCUT2D eigenvalue weighted by Crippen LogP contribution is 2.34. The van der Waals surface area contributed by atoms with Gasteiger partial charge in [-0.3, -0.25) is 9.89 Å². The highest BCUT2D eigenvalue weighted by molar-refractivity contribution is 14.0. The van der Waals surface area contributed by atoms with E-state index in [9.17, 15) is 0 Å². The molecule has 2 N–H and O–H groups in total. The monoisotopic (exact) mass is 513 g/mol. The van der Waals surface area contributed by atoms with Crippen LogP contribution in [0.3, 0.4) is 0 Å². The minimum Gasteiger partial charge on any atom is -0.373 e. The van der Waals surface area contributed by atoms with Gasteiger partial charge in [0.2, 0.25) is 0 Å². The summed E-state index contributed by atoms with van der Waals surface area (Å²) in [5, 5.41) is 7.05. The van der Waals surface area contributed by atoms with Crippen LogP contribution in [-0.4, -0.2) is 75.4 Å². The Morgan fingerprint density at radius 2 is 1.97 bits per heavy atom. The molecule has 3 aliphatic rings. The zero-order valence-electron chi connectivity index (χ0n) is 18.0. The largest absolute Gasteiger partial charge is 0.373 e. The predicted octanol–water partition coefficient (Wildman–Crippen LogP) is 2.53. The van der Waals surface area contributed by atoms with Crippen LogP contribution in [0, 0.1) is 13.8 Å². The lowest BCUT2D eigenvalue weighted by molar-refractivity contribution is 0.0992. The number of aliphatic imine (C=N–C) groups is 1. The summed E-state index contributed by atoms with van der Waals surface area (Å²) < 4.78 is 5.93. The first-order chi connectivity index (χ1) is 13.6. The van der Waals surface area contributed by atoms with Gasteiger partial charge >= 0.3 is 0 Å². The number of hydrogen-bond acceptors (Lipinski definition) is 4. The fourth-order valence-corrected chi connectivity index (χ4v) is 4.78. The Bertz CT molecular complexity index is 704. The van der Waals surface area contributed by atoms with Gasteiger partial charge in [0.05, 0.1) is 18.2 Å². The van der Waals surface area contributed by atoms with Gasteiger partial charge < -0.3 is 20.3 Å². The van der Waals surface area contributed by atoms with E-state index < -0.39 is 0 Å². The average molecular weight is 513 g/mol. The Labute approximate surface area is 192 Å². The summed E-state index contributed by atoms with van der Waals surface area (Å²) in [5.74, 6) is 0.912. The third kappa shape index (κ3) is 5.35. The Balaban J connectivity index is 0.00000240. The second-order valence-electron chi connectivity index (χ2n) is 8.41.